The quantitative estimate of drug-likeness (QED) is 0.387. The zero-order valence-electron chi connectivity index (χ0n) is 21.0. The van der Waals surface area contributed by atoms with Gasteiger partial charge < -0.3 is 5.32 Å². The van der Waals surface area contributed by atoms with Crippen LogP contribution in [0.1, 0.15) is 32.8 Å². The molecule has 0 radical (unpaired) electrons. The van der Waals surface area contributed by atoms with E-state index >= 15 is 0 Å². The van der Waals surface area contributed by atoms with Gasteiger partial charge in [-0.2, -0.15) is 4.80 Å². The van der Waals surface area contributed by atoms with Crippen LogP contribution in [0.4, 0.5) is 5.69 Å². The number of carbonyl (C=O) groups is 2. The number of fused-ring (bicyclic) bond motifs is 1. The summed E-state index contributed by atoms with van der Waals surface area (Å²) in [5.41, 5.74) is 3.28. The summed E-state index contributed by atoms with van der Waals surface area (Å²) < 4.78 is 0. The van der Waals surface area contributed by atoms with E-state index in [-0.39, 0.29) is 18.4 Å². The second-order valence-corrected chi connectivity index (χ2v) is 9.31. The van der Waals surface area contributed by atoms with Crippen LogP contribution in [0.3, 0.4) is 0 Å². The van der Waals surface area contributed by atoms with Gasteiger partial charge >= 0.3 is 0 Å². The lowest BCUT2D eigenvalue weighted by Gasteiger charge is -2.28. The van der Waals surface area contributed by atoms with E-state index in [1.165, 1.54) is 9.70 Å². The highest BCUT2D eigenvalue weighted by atomic mass is 16.2. The molecule has 2 amide bonds. The molecule has 1 atom stereocenters. The third-order valence-electron chi connectivity index (χ3n) is 5.95. The Morgan fingerprint density at radius 1 is 1.06 bits per heavy atom. The van der Waals surface area contributed by atoms with Gasteiger partial charge in [0.25, 0.3) is 5.91 Å². The molecule has 36 heavy (non-hydrogen) atoms. The number of pyridine rings is 1. The number of rotatable bonds is 9. The molecule has 2 aromatic carbocycles. The number of carbonyl (C=O) groups excluding carboxylic acids is 2. The van der Waals surface area contributed by atoms with Crippen molar-refractivity contribution in [2.45, 2.75) is 46.7 Å². The van der Waals surface area contributed by atoms with Crippen molar-refractivity contribution in [3.63, 3.8) is 0 Å². The molecule has 4 rings (SSSR count). The molecule has 0 spiro atoms. The van der Waals surface area contributed by atoms with Crippen LogP contribution in [0.5, 0.6) is 0 Å². The molecule has 0 saturated heterocycles. The molecular weight excluding hydrogens is 454 g/mol. The number of hydrogen-bond donors (Lipinski definition) is 1. The largest absolute Gasteiger partial charge is 0.354 e. The maximum atomic E-state index is 13.6. The van der Waals surface area contributed by atoms with E-state index < -0.39 is 6.04 Å². The first-order valence-corrected chi connectivity index (χ1v) is 12.1. The molecule has 0 unspecified atom stereocenters. The fourth-order valence-electron chi connectivity index (χ4n) is 3.85. The second kappa shape index (κ2) is 11.1. The molecule has 4 aromatic rings. The highest BCUT2D eigenvalue weighted by Gasteiger charge is 2.28. The highest BCUT2D eigenvalue weighted by molar-refractivity contribution is 6.01. The summed E-state index contributed by atoms with van der Waals surface area (Å²) >= 11 is 0. The van der Waals surface area contributed by atoms with Gasteiger partial charge in [0, 0.05) is 17.5 Å². The SMILES string of the molecule is Cc1ccc(-c2nnn(CC(=O)N(c3cnc4ccccc4c3)[C@@H](C)C(=O)NCCC(C)C)n2)cc1. The summed E-state index contributed by atoms with van der Waals surface area (Å²) in [5, 5.41) is 16.4. The molecule has 0 fully saturated rings. The first kappa shape index (κ1) is 25.0. The maximum Gasteiger partial charge on any atom is 0.251 e. The Balaban J connectivity index is 1.59. The first-order chi connectivity index (χ1) is 17.3. The number of para-hydroxylation sites is 1. The lowest BCUT2D eigenvalue weighted by molar-refractivity contribution is -0.126. The lowest BCUT2D eigenvalue weighted by atomic mass is 10.1. The second-order valence-electron chi connectivity index (χ2n) is 9.31. The topological polar surface area (TPSA) is 106 Å². The van der Waals surface area contributed by atoms with Gasteiger partial charge in [0.05, 0.1) is 17.4 Å². The van der Waals surface area contributed by atoms with Gasteiger partial charge in [0.15, 0.2) is 0 Å². The number of aryl methyl sites for hydroxylation is 1. The summed E-state index contributed by atoms with van der Waals surface area (Å²) in [6.07, 6.45) is 2.47. The Kier molecular flexibility index (Phi) is 7.68. The van der Waals surface area contributed by atoms with Gasteiger partial charge in [-0.15, -0.1) is 10.2 Å². The number of benzene rings is 2. The molecule has 1 N–H and O–H groups in total. The average molecular weight is 486 g/mol. The Labute approximate surface area is 210 Å². The lowest BCUT2D eigenvalue weighted by Crippen LogP contribution is -2.49. The molecular formula is C27H31N7O2. The van der Waals surface area contributed by atoms with Gasteiger partial charge in [0.2, 0.25) is 11.7 Å². The van der Waals surface area contributed by atoms with Crippen molar-refractivity contribution in [1.29, 1.82) is 0 Å². The van der Waals surface area contributed by atoms with Crippen molar-refractivity contribution in [3.05, 3.63) is 66.4 Å². The minimum absolute atomic E-state index is 0.171. The van der Waals surface area contributed by atoms with Crippen LogP contribution in [-0.2, 0) is 16.1 Å². The minimum atomic E-state index is -0.757. The van der Waals surface area contributed by atoms with Crippen LogP contribution in [0.2, 0.25) is 0 Å². The average Bonchev–Trinajstić information content (AvgIpc) is 3.32. The fraction of sp³-hybridized carbons (Fsp3) is 0.333. The van der Waals surface area contributed by atoms with Crippen LogP contribution < -0.4 is 10.2 Å². The highest BCUT2D eigenvalue weighted by Crippen LogP contribution is 2.23. The predicted octanol–water partition coefficient (Wildman–Crippen LogP) is 3.78. The van der Waals surface area contributed by atoms with Gasteiger partial charge in [-0.05, 0) is 43.5 Å². The van der Waals surface area contributed by atoms with Crippen LogP contribution in [-0.4, -0.2) is 49.6 Å². The number of anilines is 1. The number of hydrogen-bond acceptors (Lipinski definition) is 6. The Hall–Kier alpha value is -4.14. The van der Waals surface area contributed by atoms with E-state index in [1.807, 2.05) is 61.5 Å². The van der Waals surface area contributed by atoms with Crippen molar-refractivity contribution in [1.82, 2.24) is 30.5 Å². The first-order valence-electron chi connectivity index (χ1n) is 12.1. The normalized spacial score (nSPS) is 12.0. The van der Waals surface area contributed by atoms with Crippen LogP contribution >= 0.6 is 0 Å². The number of nitrogens with zero attached hydrogens (tertiary/aromatic N) is 6. The van der Waals surface area contributed by atoms with E-state index in [0.29, 0.717) is 24.0 Å². The summed E-state index contributed by atoms with van der Waals surface area (Å²) in [5.74, 6) is 0.320. The van der Waals surface area contributed by atoms with E-state index in [1.54, 1.807) is 13.1 Å². The monoisotopic (exact) mass is 485 g/mol. The maximum absolute atomic E-state index is 13.6. The molecule has 2 aromatic heterocycles. The van der Waals surface area contributed by atoms with Crippen molar-refractivity contribution >= 4 is 28.4 Å². The van der Waals surface area contributed by atoms with E-state index in [9.17, 15) is 9.59 Å². The Morgan fingerprint density at radius 3 is 2.56 bits per heavy atom. The zero-order valence-corrected chi connectivity index (χ0v) is 21.0. The molecule has 0 aliphatic heterocycles. The molecule has 186 valence electrons. The zero-order chi connectivity index (χ0) is 25.7. The van der Waals surface area contributed by atoms with E-state index in [2.05, 4.69) is 39.6 Å². The molecule has 9 heteroatoms. The van der Waals surface area contributed by atoms with E-state index in [0.717, 1.165) is 28.5 Å². The molecule has 0 aliphatic rings. The van der Waals surface area contributed by atoms with Crippen molar-refractivity contribution in [2.24, 2.45) is 5.92 Å². The third-order valence-corrected chi connectivity index (χ3v) is 5.95. The summed E-state index contributed by atoms with van der Waals surface area (Å²) in [4.78, 5) is 33.8. The summed E-state index contributed by atoms with van der Waals surface area (Å²) in [7, 11) is 0. The molecule has 2 heterocycles. The smallest absolute Gasteiger partial charge is 0.251 e. The summed E-state index contributed by atoms with van der Waals surface area (Å²) in [6.45, 7) is 8.29. The van der Waals surface area contributed by atoms with Crippen LogP contribution in [0.15, 0.2) is 60.8 Å². The van der Waals surface area contributed by atoms with Crippen molar-refractivity contribution < 1.29 is 9.59 Å². The Morgan fingerprint density at radius 2 is 1.81 bits per heavy atom. The van der Waals surface area contributed by atoms with Crippen molar-refractivity contribution in [2.75, 3.05) is 11.4 Å². The van der Waals surface area contributed by atoms with Gasteiger partial charge in [-0.3, -0.25) is 19.5 Å². The van der Waals surface area contributed by atoms with Gasteiger partial charge in [-0.25, -0.2) is 0 Å². The molecule has 0 saturated carbocycles. The standard InChI is InChI=1S/C27H31N7O2/c1-18(2)13-14-28-27(36)20(4)34(23-15-22-7-5-6-8-24(22)29-16-23)25(35)17-33-31-26(30-32-33)21-11-9-19(3)10-12-21/h5-12,15-16,18,20H,13-14,17H2,1-4H3,(H,28,36)/t20-/m0/s1. The van der Waals surface area contributed by atoms with Crippen LogP contribution in [0.25, 0.3) is 22.3 Å². The van der Waals surface area contributed by atoms with Gasteiger partial charge in [-0.1, -0.05) is 61.9 Å². The number of tetrazole rings is 1. The summed E-state index contributed by atoms with van der Waals surface area (Å²) in [6, 6.07) is 16.5. The number of nitrogens with one attached hydrogen (secondary N) is 1. The molecule has 0 bridgehead atoms. The van der Waals surface area contributed by atoms with Gasteiger partial charge in [0.1, 0.15) is 12.6 Å². The predicted molar refractivity (Wildman–Crippen MR) is 139 cm³/mol. The number of aromatic nitrogens is 5. The third kappa shape index (κ3) is 5.91. The van der Waals surface area contributed by atoms with Crippen molar-refractivity contribution in [3.8, 4) is 11.4 Å². The Bertz CT molecular complexity index is 1350. The fourth-order valence-corrected chi connectivity index (χ4v) is 3.85. The minimum Gasteiger partial charge on any atom is -0.354 e. The molecule has 9 nitrogen and oxygen atoms in total. The van der Waals surface area contributed by atoms with E-state index in [4.69, 9.17) is 0 Å². The number of amides is 2. The molecule has 0 aliphatic carbocycles. The van der Waals surface area contributed by atoms with Crippen LogP contribution in [0, 0.1) is 12.8 Å².